The van der Waals surface area contributed by atoms with Gasteiger partial charge in [0.25, 0.3) is 0 Å². The average Bonchev–Trinajstić information content (AvgIpc) is 2.86. The van der Waals surface area contributed by atoms with Crippen molar-refractivity contribution in [2.45, 2.75) is 32.7 Å². The Kier molecular flexibility index (Phi) is 5.63. The number of nitrogens with one attached hydrogen (secondary N) is 1. The molecule has 0 fully saturated rings. The molecule has 0 aliphatic heterocycles. The van der Waals surface area contributed by atoms with E-state index in [1.54, 1.807) is 6.07 Å². The van der Waals surface area contributed by atoms with Gasteiger partial charge in [0.15, 0.2) is 0 Å². The van der Waals surface area contributed by atoms with Crippen molar-refractivity contribution in [3.05, 3.63) is 33.5 Å². The van der Waals surface area contributed by atoms with Crippen LogP contribution in [0.5, 0.6) is 0 Å². The fourth-order valence-corrected chi connectivity index (χ4v) is 2.86. The molecule has 0 amide bonds. The van der Waals surface area contributed by atoms with Crippen molar-refractivity contribution >= 4 is 27.3 Å². The lowest BCUT2D eigenvalue weighted by Gasteiger charge is -2.05. The first-order chi connectivity index (χ1) is 9.56. The molecule has 1 heterocycles. The monoisotopic (exact) mass is 357 g/mol. The van der Waals surface area contributed by atoms with Gasteiger partial charge in [0.05, 0.1) is 4.47 Å². The molecule has 2 aromatic rings. The Morgan fingerprint density at radius 1 is 1.35 bits per heavy atom. The Balaban J connectivity index is 1.96. The predicted molar refractivity (Wildman–Crippen MR) is 84.5 cm³/mol. The van der Waals surface area contributed by atoms with Crippen molar-refractivity contribution in [2.24, 2.45) is 0 Å². The third kappa shape index (κ3) is 4.33. The Morgan fingerprint density at radius 3 is 2.85 bits per heavy atom. The first kappa shape index (κ1) is 15.5. The summed E-state index contributed by atoms with van der Waals surface area (Å²) in [7, 11) is 0. The van der Waals surface area contributed by atoms with Gasteiger partial charge in [-0.15, -0.1) is 10.2 Å². The lowest BCUT2D eigenvalue weighted by molar-refractivity contribution is 0.569. The molecule has 1 N–H and O–H groups in total. The zero-order chi connectivity index (χ0) is 14.5. The van der Waals surface area contributed by atoms with Gasteiger partial charge in [-0.3, -0.25) is 0 Å². The standard InChI is InChI=1S/C14H17BrFN3S/c1-9(2)17-7-3-4-13-18-19-14(20-13)10-5-6-11(15)12(16)8-10/h5-6,8-9,17H,3-4,7H2,1-2H3. The molecule has 0 spiro atoms. The van der Waals surface area contributed by atoms with Crippen LogP contribution in [0, 0.1) is 5.82 Å². The van der Waals surface area contributed by atoms with Crippen LogP contribution in [0.1, 0.15) is 25.3 Å². The van der Waals surface area contributed by atoms with E-state index in [0.29, 0.717) is 10.5 Å². The summed E-state index contributed by atoms with van der Waals surface area (Å²) in [5.41, 5.74) is 0.773. The third-order valence-electron chi connectivity index (χ3n) is 2.75. The molecular formula is C14H17BrFN3S. The molecule has 0 aliphatic rings. The molecule has 6 heteroatoms. The van der Waals surface area contributed by atoms with E-state index in [1.807, 2.05) is 6.07 Å². The SMILES string of the molecule is CC(C)NCCCc1nnc(-c2ccc(Br)c(F)c2)s1. The molecule has 0 radical (unpaired) electrons. The van der Waals surface area contributed by atoms with Crippen LogP contribution in [0.4, 0.5) is 4.39 Å². The minimum Gasteiger partial charge on any atom is -0.315 e. The van der Waals surface area contributed by atoms with E-state index in [1.165, 1.54) is 17.4 Å². The van der Waals surface area contributed by atoms with E-state index >= 15 is 0 Å². The normalized spacial score (nSPS) is 11.2. The van der Waals surface area contributed by atoms with E-state index in [2.05, 4.69) is 45.3 Å². The number of aromatic nitrogens is 2. The molecular weight excluding hydrogens is 341 g/mol. The maximum Gasteiger partial charge on any atom is 0.147 e. The number of benzene rings is 1. The van der Waals surface area contributed by atoms with Crippen LogP contribution in [0.25, 0.3) is 10.6 Å². The number of hydrogen-bond acceptors (Lipinski definition) is 4. The minimum absolute atomic E-state index is 0.277. The van der Waals surface area contributed by atoms with Gasteiger partial charge in [-0.25, -0.2) is 4.39 Å². The van der Waals surface area contributed by atoms with E-state index in [4.69, 9.17) is 0 Å². The van der Waals surface area contributed by atoms with Gasteiger partial charge < -0.3 is 5.32 Å². The van der Waals surface area contributed by atoms with Gasteiger partial charge in [-0.2, -0.15) is 0 Å². The highest BCUT2D eigenvalue weighted by atomic mass is 79.9. The van der Waals surface area contributed by atoms with E-state index in [0.717, 1.165) is 35.0 Å². The van der Waals surface area contributed by atoms with Crippen molar-refractivity contribution in [1.29, 1.82) is 0 Å². The van der Waals surface area contributed by atoms with Gasteiger partial charge in [0, 0.05) is 18.0 Å². The zero-order valence-corrected chi connectivity index (χ0v) is 13.9. The number of nitrogens with zero attached hydrogens (tertiary/aromatic N) is 2. The summed E-state index contributed by atoms with van der Waals surface area (Å²) in [6, 6.07) is 5.52. The van der Waals surface area contributed by atoms with E-state index < -0.39 is 0 Å². The Morgan fingerprint density at radius 2 is 2.15 bits per heavy atom. The lowest BCUT2D eigenvalue weighted by Crippen LogP contribution is -2.23. The minimum atomic E-state index is -0.277. The molecule has 0 aliphatic carbocycles. The summed E-state index contributed by atoms with van der Waals surface area (Å²) in [6.45, 7) is 5.23. The number of halogens is 2. The van der Waals surface area contributed by atoms with Crippen LogP contribution < -0.4 is 5.32 Å². The summed E-state index contributed by atoms with van der Waals surface area (Å²) in [5.74, 6) is -0.277. The molecule has 1 aromatic carbocycles. The van der Waals surface area contributed by atoms with Crippen molar-refractivity contribution in [3.8, 4) is 10.6 Å². The fraction of sp³-hybridized carbons (Fsp3) is 0.429. The highest BCUT2D eigenvalue weighted by Gasteiger charge is 2.09. The number of rotatable bonds is 6. The Hall–Kier alpha value is -0.850. The summed E-state index contributed by atoms with van der Waals surface area (Å²) < 4.78 is 14.0. The van der Waals surface area contributed by atoms with E-state index in [-0.39, 0.29) is 5.82 Å². The molecule has 0 unspecified atom stereocenters. The molecule has 0 saturated heterocycles. The number of aryl methyl sites for hydroxylation is 1. The van der Waals surface area contributed by atoms with Crippen molar-refractivity contribution in [3.63, 3.8) is 0 Å². The molecule has 1 aromatic heterocycles. The lowest BCUT2D eigenvalue weighted by atomic mass is 10.2. The maximum absolute atomic E-state index is 13.5. The van der Waals surface area contributed by atoms with Crippen LogP contribution in [0.15, 0.2) is 22.7 Å². The van der Waals surface area contributed by atoms with Crippen molar-refractivity contribution in [2.75, 3.05) is 6.54 Å². The second-order valence-corrected chi connectivity index (χ2v) is 6.76. The second-order valence-electron chi connectivity index (χ2n) is 4.84. The molecule has 20 heavy (non-hydrogen) atoms. The smallest absolute Gasteiger partial charge is 0.147 e. The summed E-state index contributed by atoms with van der Waals surface area (Å²) in [6.07, 6.45) is 1.93. The summed E-state index contributed by atoms with van der Waals surface area (Å²) in [5, 5.41) is 13.4. The third-order valence-corrected chi connectivity index (χ3v) is 4.43. The first-order valence-electron chi connectivity index (χ1n) is 6.57. The van der Waals surface area contributed by atoms with Crippen LogP contribution >= 0.6 is 27.3 Å². The molecule has 0 bridgehead atoms. The molecule has 2 rings (SSSR count). The molecule has 108 valence electrons. The van der Waals surface area contributed by atoms with Crippen LogP contribution in [0.2, 0.25) is 0 Å². The number of hydrogen-bond donors (Lipinski definition) is 1. The largest absolute Gasteiger partial charge is 0.315 e. The molecule has 0 atom stereocenters. The van der Waals surface area contributed by atoms with Crippen molar-refractivity contribution < 1.29 is 4.39 Å². The van der Waals surface area contributed by atoms with Gasteiger partial charge in [0.2, 0.25) is 0 Å². The average molecular weight is 358 g/mol. The van der Waals surface area contributed by atoms with Crippen LogP contribution in [0.3, 0.4) is 0 Å². The van der Waals surface area contributed by atoms with Gasteiger partial charge in [0.1, 0.15) is 15.8 Å². The van der Waals surface area contributed by atoms with Crippen molar-refractivity contribution in [1.82, 2.24) is 15.5 Å². The maximum atomic E-state index is 13.5. The fourth-order valence-electron chi connectivity index (χ4n) is 1.73. The second kappa shape index (κ2) is 7.24. The molecule has 3 nitrogen and oxygen atoms in total. The van der Waals surface area contributed by atoms with Crippen LogP contribution in [-0.4, -0.2) is 22.8 Å². The van der Waals surface area contributed by atoms with Gasteiger partial charge in [-0.1, -0.05) is 31.3 Å². The topological polar surface area (TPSA) is 37.8 Å². The predicted octanol–water partition coefficient (Wildman–Crippen LogP) is 4.04. The van der Waals surface area contributed by atoms with Gasteiger partial charge in [-0.05, 0) is 41.0 Å². The Labute approximate surface area is 130 Å². The highest BCUT2D eigenvalue weighted by molar-refractivity contribution is 9.10. The zero-order valence-electron chi connectivity index (χ0n) is 11.5. The molecule has 0 saturated carbocycles. The van der Waals surface area contributed by atoms with E-state index in [9.17, 15) is 4.39 Å². The van der Waals surface area contributed by atoms with Crippen LogP contribution in [-0.2, 0) is 6.42 Å². The Bertz CT molecular complexity index is 571. The first-order valence-corrected chi connectivity index (χ1v) is 8.18. The van der Waals surface area contributed by atoms with Gasteiger partial charge >= 0.3 is 0 Å². The summed E-state index contributed by atoms with van der Waals surface area (Å²) in [4.78, 5) is 0. The highest BCUT2D eigenvalue weighted by Crippen LogP contribution is 2.27. The quantitative estimate of drug-likeness (QED) is 0.792. The summed E-state index contributed by atoms with van der Waals surface area (Å²) >= 11 is 4.67.